The minimum atomic E-state index is 0.121. The lowest BCUT2D eigenvalue weighted by Gasteiger charge is -2.25. The van der Waals surface area contributed by atoms with Gasteiger partial charge in [-0.2, -0.15) is 0 Å². The Morgan fingerprint density at radius 1 is 1.33 bits per heavy atom. The van der Waals surface area contributed by atoms with Gasteiger partial charge in [-0.1, -0.05) is 0 Å². The highest BCUT2D eigenvalue weighted by Gasteiger charge is 2.30. The Bertz CT molecular complexity index is 445. The number of rotatable bonds is 3. The molecule has 1 amide bonds. The van der Waals surface area contributed by atoms with Gasteiger partial charge < -0.3 is 14.4 Å². The number of hydrogen-bond acceptors (Lipinski definition) is 3. The molecule has 1 saturated heterocycles. The molecule has 4 heteroatoms. The second kappa shape index (κ2) is 5.29. The first kappa shape index (κ1) is 12.7. The average molecular weight is 249 g/mol. The summed E-state index contributed by atoms with van der Waals surface area (Å²) in [5.74, 6) is 1.67. The van der Waals surface area contributed by atoms with E-state index in [1.165, 1.54) is 0 Å². The minimum Gasteiger partial charge on any atom is -0.497 e. The van der Waals surface area contributed by atoms with Crippen LogP contribution in [0.1, 0.15) is 31.4 Å². The van der Waals surface area contributed by atoms with E-state index in [-0.39, 0.29) is 11.9 Å². The molecule has 1 aliphatic heterocycles. The maximum absolute atomic E-state index is 11.6. The van der Waals surface area contributed by atoms with Crippen molar-refractivity contribution in [1.82, 2.24) is 4.90 Å². The maximum Gasteiger partial charge on any atom is 0.219 e. The third kappa shape index (κ3) is 2.28. The topological polar surface area (TPSA) is 38.8 Å². The number of ether oxygens (including phenoxy) is 2. The molecule has 0 N–H and O–H groups in total. The molecule has 1 heterocycles. The zero-order valence-corrected chi connectivity index (χ0v) is 11.1. The fourth-order valence-electron chi connectivity index (χ4n) is 2.56. The van der Waals surface area contributed by atoms with E-state index >= 15 is 0 Å². The summed E-state index contributed by atoms with van der Waals surface area (Å²) < 4.78 is 10.6. The molecule has 1 unspecified atom stereocenters. The predicted octanol–water partition coefficient (Wildman–Crippen LogP) is 2.39. The summed E-state index contributed by atoms with van der Waals surface area (Å²) in [7, 11) is 3.28. The van der Waals surface area contributed by atoms with E-state index in [9.17, 15) is 4.79 Å². The van der Waals surface area contributed by atoms with Crippen LogP contribution in [0.15, 0.2) is 18.2 Å². The molecule has 4 nitrogen and oxygen atoms in total. The molecule has 1 aliphatic rings. The van der Waals surface area contributed by atoms with Gasteiger partial charge in [0.05, 0.1) is 20.3 Å². The van der Waals surface area contributed by atoms with Crippen molar-refractivity contribution >= 4 is 5.91 Å². The lowest BCUT2D eigenvalue weighted by Crippen LogP contribution is -2.28. The second-order valence-electron chi connectivity index (χ2n) is 4.48. The van der Waals surface area contributed by atoms with Crippen LogP contribution in [0.2, 0.25) is 0 Å². The van der Waals surface area contributed by atoms with E-state index in [1.807, 2.05) is 23.1 Å². The van der Waals surface area contributed by atoms with Gasteiger partial charge in [-0.15, -0.1) is 0 Å². The van der Waals surface area contributed by atoms with Crippen LogP contribution in [0.4, 0.5) is 0 Å². The van der Waals surface area contributed by atoms with Gasteiger partial charge in [0.1, 0.15) is 11.5 Å². The molecular formula is C14H19NO3. The van der Waals surface area contributed by atoms with E-state index in [1.54, 1.807) is 21.1 Å². The van der Waals surface area contributed by atoms with Crippen LogP contribution in [0.3, 0.4) is 0 Å². The average Bonchev–Trinajstić information content (AvgIpc) is 2.87. The molecule has 1 aromatic carbocycles. The van der Waals surface area contributed by atoms with Crippen LogP contribution in [0, 0.1) is 0 Å². The van der Waals surface area contributed by atoms with Crippen LogP contribution in [0.5, 0.6) is 11.5 Å². The first-order chi connectivity index (χ1) is 8.67. The maximum atomic E-state index is 11.6. The fraction of sp³-hybridized carbons (Fsp3) is 0.500. The van der Waals surface area contributed by atoms with E-state index in [4.69, 9.17) is 9.47 Å². The Labute approximate surface area is 107 Å². The zero-order chi connectivity index (χ0) is 13.1. The third-order valence-corrected chi connectivity index (χ3v) is 3.46. The number of amides is 1. The van der Waals surface area contributed by atoms with Crippen LogP contribution in [-0.4, -0.2) is 31.6 Å². The molecule has 1 aromatic rings. The largest absolute Gasteiger partial charge is 0.497 e. The van der Waals surface area contributed by atoms with Crippen LogP contribution >= 0.6 is 0 Å². The monoisotopic (exact) mass is 249 g/mol. The lowest BCUT2D eigenvalue weighted by molar-refractivity contribution is -0.129. The lowest BCUT2D eigenvalue weighted by atomic mass is 10.0. The SMILES string of the molecule is COc1ccc(C2CCCN2C(C)=O)c(OC)c1. The van der Waals surface area contributed by atoms with E-state index < -0.39 is 0 Å². The molecule has 0 saturated carbocycles. The van der Waals surface area contributed by atoms with Gasteiger partial charge in [0.15, 0.2) is 0 Å². The molecule has 98 valence electrons. The summed E-state index contributed by atoms with van der Waals surface area (Å²) >= 11 is 0. The zero-order valence-electron chi connectivity index (χ0n) is 11.1. The first-order valence-corrected chi connectivity index (χ1v) is 6.16. The van der Waals surface area contributed by atoms with Crippen molar-refractivity contribution < 1.29 is 14.3 Å². The molecule has 18 heavy (non-hydrogen) atoms. The number of methoxy groups -OCH3 is 2. The van der Waals surface area contributed by atoms with Gasteiger partial charge in [-0.3, -0.25) is 4.79 Å². The van der Waals surface area contributed by atoms with Crippen molar-refractivity contribution in [2.75, 3.05) is 20.8 Å². The van der Waals surface area contributed by atoms with E-state index in [0.29, 0.717) is 0 Å². The molecule has 1 fully saturated rings. The van der Waals surface area contributed by atoms with E-state index in [2.05, 4.69) is 0 Å². The Balaban J connectivity index is 2.35. The highest BCUT2D eigenvalue weighted by molar-refractivity contribution is 5.74. The van der Waals surface area contributed by atoms with Crippen molar-refractivity contribution in [1.29, 1.82) is 0 Å². The summed E-state index contributed by atoms with van der Waals surface area (Å²) in [6, 6.07) is 5.90. The number of benzene rings is 1. The molecular weight excluding hydrogens is 230 g/mol. The van der Waals surface area contributed by atoms with Crippen molar-refractivity contribution in [3.05, 3.63) is 23.8 Å². The van der Waals surface area contributed by atoms with Gasteiger partial charge >= 0.3 is 0 Å². The van der Waals surface area contributed by atoms with Gasteiger partial charge in [0.2, 0.25) is 5.91 Å². The Hall–Kier alpha value is -1.71. The normalized spacial score (nSPS) is 18.8. The minimum absolute atomic E-state index is 0.121. The van der Waals surface area contributed by atoms with Crippen LogP contribution < -0.4 is 9.47 Å². The molecule has 0 spiro atoms. The number of likely N-dealkylation sites (tertiary alicyclic amines) is 1. The van der Waals surface area contributed by atoms with Gasteiger partial charge in [-0.05, 0) is 25.0 Å². The van der Waals surface area contributed by atoms with Crippen molar-refractivity contribution in [3.8, 4) is 11.5 Å². The quantitative estimate of drug-likeness (QED) is 0.825. The Kier molecular flexibility index (Phi) is 3.75. The summed E-state index contributed by atoms with van der Waals surface area (Å²) in [4.78, 5) is 13.5. The highest BCUT2D eigenvalue weighted by Crippen LogP contribution is 2.38. The van der Waals surface area contributed by atoms with Crippen molar-refractivity contribution in [2.24, 2.45) is 0 Å². The summed E-state index contributed by atoms with van der Waals surface area (Å²) in [5, 5.41) is 0. The molecule has 0 aromatic heterocycles. The highest BCUT2D eigenvalue weighted by atomic mass is 16.5. The Morgan fingerprint density at radius 2 is 2.11 bits per heavy atom. The van der Waals surface area contributed by atoms with Gasteiger partial charge in [0.25, 0.3) is 0 Å². The summed E-state index contributed by atoms with van der Waals surface area (Å²) in [6.45, 7) is 2.45. The molecule has 2 rings (SSSR count). The summed E-state index contributed by atoms with van der Waals surface area (Å²) in [5.41, 5.74) is 1.06. The van der Waals surface area contributed by atoms with Crippen molar-refractivity contribution in [3.63, 3.8) is 0 Å². The standard InChI is InChI=1S/C14H19NO3/c1-10(16)15-8-4-5-13(15)12-7-6-11(17-2)9-14(12)18-3/h6-7,9,13H,4-5,8H2,1-3H3. The number of hydrogen-bond donors (Lipinski definition) is 0. The molecule has 0 bridgehead atoms. The third-order valence-electron chi connectivity index (χ3n) is 3.46. The van der Waals surface area contributed by atoms with Gasteiger partial charge in [0, 0.05) is 25.1 Å². The van der Waals surface area contributed by atoms with Crippen LogP contribution in [-0.2, 0) is 4.79 Å². The summed E-state index contributed by atoms with van der Waals surface area (Å²) in [6.07, 6.45) is 2.03. The van der Waals surface area contributed by atoms with Crippen molar-refractivity contribution in [2.45, 2.75) is 25.8 Å². The molecule has 0 radical (unpaired) electrons. The van der Waals surface area contributed by atoms with Crippen LogP contribution in [0.25, 0.3) is 0 Å². The Morgan fingerprint density at radius 3 is 2.72 bits per heavy atom. The predicted molar refractivity (Wildman–Crippen MR) is 68.9 cm³/mol. The number of nitrogens with zero attached hydrogens (tertiary/aromatic N) is 1. The first-order valence-electron chi connectivity index (χ1n) is 6.16. The number of carbonyl (C=O) groups is 1. The second-order valence-corrected chi connectivity index (χ2v) is 4.48. The smallest absolute Gasteiger partial charge is 0.219 e. The fourth-order valence-corrected chi connectivity index (χ4v) is 2.56. The van der Waals surface area contributed by atoms with Gasteiger partial charge in [-0.25, -0.2) is 0 Å². The molecule has 1 atom stereocenters. The number of carbonyl (C=O) groups excluding carboxylic acids is 1. The van der Waals surface area contributed by atoms with E-state index in [0.717, 1.165) is 36.4 Å². The molecule has 0 aliphatic carbocycles.